The van der Waals surface area contributed by atoms with E-state index in [1.165, 1.54) is 0 Å². The Morgan fingerprint density at radius 3 is 2.00 bits per heavy atom. The van der Waals surface area contributed by atoms with E-state index in [2.05, 4.69) is 37.5 Å². The maximum atomic E-state index is 11.9. The van der Waals surface area contributed by atoms with E-state index in [0.29, 0.717) is 5.69 Å². The summed E-state index contributed by atoms with van der Waals surface area (Å²) < 4.78 is 0. The van der Waals surface area contributed by atoms with E-state index in [0.717, 1.165) is 31.7 Å². The lowest BCUT2D eigenvalue weighted by Gasteiger charge is -2.72. The van der Waals surface area contributed by atoms with Crippen molar-refractivity contribution in [1.82, 2.24) is 4.90 Å². The van der Waals surface area contributed by atoms with Gasteiger partial charge < -0.3 is 10.0 Å². The van der Waals surface area contributed by atoms with Crippen molar-refractivity contribution in [3.8, 4) is 0 Å². The van der Waals surface area contributed by atoms with Gasteiger partial charge in [0, 0.05) is 49.1 Å². The van der Waals surface area contributed by atoms with Crippen molar-refractivity contribution in [1.29, 1.82) is 0 Å². The molecule has 1 heterocycles. The number of para-hydroxylation sites is 2. The van der Waals surface area contributed by atoms with Gasteiger partial charge in [-0.2, -0.15) is 0 Å². The highest BCUT2D eigenvalue weighted by Gasteiger charge is 2.73. The van der Waals surface area contributed by atoms with Crippen LogP contribution in [0.3, 0.4) is 0 Å². The summed E-state index contributed by atoms with van der Waals surface area (Å²) in [6.45, 7) is 11.7. The molecule has 6 nitrogen and oxygen atoms in total. The largest absolute Gasteiger partial charge is 0.384 e. The highest BCUT2D eigenvalue weighted by Crippen LogP contribution is 2.68. The van der Waals surface area contributed by atoms with Crippen LogP contribution in [0, 0.1) is 20.9 Å². The van der Waals surface area contributed by atoms with Gasteiger partial charge in [-0.25, -0.2) is 0 Å². The Bertz CT molecular complexity index is 918. The lowest BCUT2D eigenvalue weighted by atomic mass is 9.39. The van der Waals surface area contributed by atoms with E-state index >= 15 is 0 Å². The van der Waals surface area contributed by atoms with Gasteiger partial charge in [-0.05, 0) is 11.6 Å². The van der Waals surface area contributed by atoms with Crippen molar-refractivity contribution in [3.63, 3.8) is 0 Å². The molecular weight excluding hydrogens is 378 g/mol. The Morgan fingerprint density at radius 2 is 1.43 bits per heavy atom. The lowest BCUT2D eigenvalue weighted by molar-refractivity contribution is -0.384. The van der Waals surface area contributed by atoms with Gasteiger partial charge in [-0.1, -0.05) is 70.2 Å². The lowest BCUT2D eigenvalue weighted by Crippen LogP contribution is -2.79. The van der Waals surface area contributed by atoms with Gasteiger partial charge >= 0.3 is 0 Å². The average molecular weight is 410 g/mol. The van der Waals surface area contributed by atoms with Gasteiger partial charge in [-0.3, -0.25) is 15.0 Å². The Kier molecular flexibility index (Phi) is 4.90. The quantitative estimate of drug-likeness (QED) is 0.610. The number of piperazine rings is 1. The van der Waals surface area contributed by atoms with Crippen LogP contribution in [0.4, 0.5) is 11.4 Å². The summed E-state index contributed by atoms with van der Waals surface area (Å²) in [6, 6.07) is 17.2. The molecular formula is C24H31N3O3. The molecule has 0 radical (unpaired) electrons. The number of rotatable bonds is 4. The highest BCUT2D eigenvalue weighted by molar-refractivity contribution is 5.63. The first-order valence-corrected chi connectivity index (χ1v) is 10.6. The molecule has 1 N–H and O–H groups in total. The van der Waals surface area contributed by atoms with Crippen LogP contribution in [0.15, 0.2) is 54.6 Å². The van der Waals surface area contributed by atoms with E-state index in [9.17, 15) is 15.2 Å². The van der Waals surface area contributed by atoms with Gasteiger partial charge in [0.15, 0.2) is 0 Å². The van der Waals surface area contributed by atoms with Crippen molar-refractivity contribution in [2.45, 2.75) is 39.3 Å². The smallest absolute Gasteiger partial charge is 0.292 e. The van der Waals surface area contributed by atoms with Crippen molar-refractivity contribution >= 4 is 11.4 Å². The summed E-state index contributed by atoms with van der Waals surface area (Å²) in [5, 5.41) is 23.3. The first-order valence-electron chi connectivity index (χ1n) is 10.6. The Morgan fingerprint density at radius 1 is 0.900 bits per heavy atom. The van der Waals surface area contributed by atoms with Crippen molar-refractivity contribution < 1.29 is 10.0 Å². The third kappa shape index (κ3) is 2.77. The molecule has 2 fully saturated rings. The van der Waals surface area contributed by atoms with Crippen LogP contribution < -0.4 is 4.90 Å². The summed E-state index contributed by atoms with van der Waals surface area (Å²) in [7, 11) is 0. The van der Waals surface area contributed by atoms with Crippen LogP contribution in [-0.2, 0) is 5.60 Å². The molecule has 1 aliphatic carbocycles. The maximum absolute atomic E-state index is 11.9. The number of aliphatic hydroxyl groups is 1. The fraction of sp³-hybridized carbons (Fsp3) is 0.500. The van der Waals surface area contributed by atoms with E-state index in [4.69, 9.17) is 0 Å². The Hall–Kier alpha value is -2.44. The van der Waals surface area contributed by atoms with Crippen LogP contribution >= 0.6 is 0 Å². The standard InChI is InChI=1S/C24H31N3O3/c1-22(2)21(23(3,4)24(22,28)18-10-6-5-7-11-18)26-16-14-25(15-17-26)19-12-8-9-13-20(19)27(29)30/h5-13,21,28H,14-17H2,1-4H3. The number of nitro benzene ring substituents is 1. The molecule has 0 bridgehead atoms. The van der Waals surface area contributed by atoms with Crippen LogP contribution in [-0.4, -0.2) is 47.2 Å². The predicted molar refractivity (Wildman–Crippen MR) is 119 cm³/mol. The van der Waals surface area contributed by atoms with Gasteiger partial charge in [-0.15, -0.1) is 0 Å². The minimum atomic E-state index is -0.915. The van der Waals surface area contributed by atoms with Crippen molar-refractivity contribution in [2.24, 2.45) is 10.8 Å². The fourth-order valence-electron chi connectivity index (χ4n) is 6.49. The zero-order chi connectivity index (χ0) is 21.7. The minimum Gasteiger partial charge on any atom is -0.384 e. The third-order valence-electron chi connectivity index (χ3n) is 7.52. The number of nitro groups is 1. The number of nitrogens with zero attached hydrogens (tertiary/aromatic N) is 3. The van der Waals surface area contributed by atoms with E-state index in [1.54, 1.807) is 12.1 Å². The molecule has 1 aliphatic heterocycles. The monoisotopic (exact) mass is 409 g/mol. The Balaban J connectivity index is 1.54. The van der Waals surface area contributed by atoms with Crippen LogP contribution in [0.5, 0.6) is 0 Å². The topological polar surface area (TPSA) is 69.9 Å². The molecule has 4 rings (SSSR count). The first kappa shape index (κ1) is 20.8. The summed E-state index contributed by atoms with van der Waals surface area (Å²) >= 11 is 0. The second kappa shape index (κ2) is 7.06. The SMILES string of the molecule is CC1(C)C(N2CCN(c3ccccc3[N+](=O)[O-])CC2)C(C)(C)C1(O)c1ccccc1. The van der Waals surface area contributed by atoms with Crippen molar-refractivity contribution in [3.05, 3.63) is 70.3 Å². The van der Waals surface area contributed by atoms with E-state index in [-0.39, 0.29) is 27.5 Å². The molecule has 30 heavy (non-hydrogen) atoms. The molecule has 0 aromatic heterocycles. The molecule has 1 saturated heterocycles. The Labute approximate surface area is 178 Å². The second-order valence-electron chi connectivity index (χ2n) is 9.69. The fourth-order valence-corrected chi connectivity index (χ4v) is 6.49. The zero-order valence-corrected chi connectivity index (χ0v) is 18.2. The predicted octanol–water partition coefficient (Wildman–Crippen LogP) is 4.04. The normalized spacial score (nSPS) is 28.0. The maximum Gasteiger partial charge on any atom is 0.292 e. The van der Waals surface area contributed by atoms with Crippen molar-refractivity contribution in [2.75, 3.05) is 31.1 Å². The highest BCUT2D eigenvalue weighted by atomic mass is 16.6. The summed E-state index contributed by atoms with van der Waals surface area (Å²) in [5.74, 6) is 0. The van der Waals surface area contributed by atoms with Gasteiger partial charge in [0.05, 0.1) is 4.92 Å². The molecule has 160 valence electrons. The molecule has 2 aromatic carbocycles. The molecule has 0 amide bonds. The summed E-state index contributed by atoms with van der Waals surface area (Å²) in [4.78, 5) is 15.7. The zero-order valence-electron chi connectivity index (χ0n) is 18.2. The average Bonchev–Trinajstić information content (AvgIpc) is 2.73. The molecule has 0 atom stereocenters. The van der Waals surface area contributed by atoms with E-state index in [1.807, 2.05) is 42.5 Å². The molecule has 2 aromatic rings. The third-order valence-corrected chi connectivity index (χ3v) is 7.52. The second-order valence-corrected chi connectivity index (χ2v) is 9.69. The molecule has 2 aliphatic rings. The molecule has 6 heteroatoms. The first-order chi connectivity index (χ1) is 14.1. The van der Waals surface area contributed by atoms with Gasteiger partial charge in [0.2, 0.25) is 0 Å². The number of benzene rings is 2. The minimum absolute atomic E-state index is 0.161. The molecule has 0 spiro atoms. The molecule has 1 saturated carbocycles. The summed E-state index contributed by atoms with van der Waals surface area (Å²) in [6.07, 6.45) is 0. The van der Waals surface area contributed by atoms with E-state index < -0.39 is 5.60 Å². The van der Waals surface area contributed by atoms with Crippen LogP contribution in [0.1, 0.15) is 33.3 Å². The van der Waals surface area contributed by atoms with Gasteiger partial charge in [0.1, 0.15) is 11.3 Å². The summed E-state index contributed by atoms with van der Waals surface area (Å²) in [5.41, 5.74) is 0.261. The number of hydrogen-bond acceptors (Lipinski definition) is 5. The van der Waals surface area contributed by atoms with Crippen LogP contribution in [0.2, 0.25) is 0 Å². The van der Waals surface area contributed by atoms with Crippen LogP contribution in [0.25, 0.3) is 0 Å². The van der Waals surface area contributed by atoms with Gasteiger partial charge in [0.25, 0.3) is 5.69 Å². The number of anilines is 1. The number of hydrogen-bond donors (Lipinski definition) is 1. The molecule has 0 unspecified atom stereocenters.